The molecule has 0 spiro atoms. The fourth-order valence-corrected chi connectivity index (χ4v) is 7.67. The zero-order valence-corrected chi connectivity index (χ0v) is 39.5. The standard InChI is InChI=1S/C46H61N13O14/c47-28(12-14-36(48)62)39(65)53-29(13-15-37(49)63)40(66)54-30(17-24-5-2-1-3-6-24)41(67)55-31(20-38(50)64)42(68)58-34(22-60)43(69)56-32(18-25-8-10-27(61)11-9-25)45(71)59-16-4-7-35(59)44(70)57-33(46(72)73)19-26-21-51-23-52-26/h1-3,5-6,8-11,21,23,28-35,60-61H,4,7,12-20,22,47H2,(H2,48,62)(H2,49,63)(H2,50,64)(H,51,52)(H,53,65)(H,54,66)(H,55,67)(H,56,69)(H,57,70)(H,58,68)(H,72,73)/t28-,29-,30-,31-,32-,33-,34-,35-/m0/s1. The third-order valence-electron chi connectivity index (χ3n) is 11.5. The molecule has 27 nitrogen and oxygen atoms in total. The molecule has 0 saturated carbocycles. The van der Waals surface area contributed by atoms with Crippen molar-refractivity contribution < 1.29 is 68.1 Å². The second-order valence-corrected chi connectivity index (χ2v) is 17.2. The third-order valence-corrected chi connectivity index (χ3v) is 11.5. The van der Waals surface area contributed by atoms with Gasteiger partial charge in [-0.1, -0.05) is 42.5 Å². The Balaban J connectivity index is 1.55. The minimum absolute atomic E-state index is 0.0206. The first-order chi connectivity index (χ1) is 34.6. The largest absolute Gasteiger partial charge is 0.508 e. The number of phenols is 1. The molecule has 2 heterocycles. The number of H-pyrrole nitrogens is 1. The van der Waals surface area contributed by atoms with E-state index in [-0.39, 0.29) is 57.2 Å². The number of carbonyl (C=O) groups is 11. The van der Waals surface area contributed by atoms with Gasteiger partial charge in [0, 0.05) is 50.5 Å². The lowest BCUT2D eigenvalue weighted by atomic mass is 10.0. The predicted octanol–water partition coefficient (Wildman–Crippen LogP) is -5.15. The van der Waals surface area contributed by atoms with E-state index in [0.717, 1.165) is 0 Å². The van der Waals surface area contributed by atoms with E-state index in [9.17, 15) is 68.1 Å². The Morgan fingerprint density at radius 3 is 1.79 bits per heavy atom. The van der Waals surface area contributed by atoms with Crippen LogP contribution in [0.4, 0.5) is 0 Å². The van der Waals surface area contributed by atoms with E-state index in [1.54, 1.807) is 30.3 Å². The van der Waals surface area contributed by atoms with Crippen LogP contribution in [-0.4, -0.2) is 157 Å². The molecule has 73 heavy (non-hydrogen) atoms. The molecule has 27 heteroatoms. The Bertz CT molecular complexity index is 2440. The van der Waals surface area contributed by atoms with Crippen LogP contribution in [0.25, 0.3) is 0 Å². The number of phenolic OH excluding ortho intramolecular Hbond substituents is 1. The van der Waals surface area contributed by atoms with E-state index >= 15 is 0 Å². The van der Waals surface area contributed by atoms with Gasteiger partial charge in [-0.25, -0.2) is 9.78 Å². The summed E-state index contributed by atoms with van der Waals surface area (Å²) in [5.74, 6) is -11.1. The first-order valence-electron chi connectivity index (χ1n) is 23.0. The van der Waals surface area contributed by atoms with Crippen molar-refractivity contribution in [2.75, 3.05) is 13.2 Å². The quantitative estimate of drug-likeness (QED) is 0.0309. The Kier molecular flexibility index (Phi) is 21.8. The molecule has 10 amide bonds. The number of aliphatic hydroxyl groups is 1. The summed E-state index contributed by atoms with van der Waals surface area (Å²) in [7, 11) is 0. The van der Waals surface area contributed by atoms with E-state index < -0.39 is 133 Å². The fraction of sp³-hybridized carbons (Fsp3) is 0.435. The lowest BCUT2D eigenvalue weighted by molar-refractivity contribution is -0.145. The van der Waals surface area contributed by atoms with Crippen LogP contribution in [0, 0.1) is 0 Å². The molecule has 0 aliphatic carbocycles. The average molecular weight is 1020 g/mol. The third kappa shape index (κ3) is 18.3. The highest BCUT2D eigenvalue weighted by Gasteiger charge is 2.40. The van der Waals surface area contributed by atoms with Gasteiger partial charge in [0.2, 0.25) is 59.1 Å². The maximum atomic E-state index is 14.3. The summed E-state index contributed by atoms with van der Waals surface area (Å²) >= 11 is 0. The first-order valence-corrected chi connectivity index (χ1v) is 23.0. The minimum Gasteiger partial charge on any atom is -0.508 e. The summed E-state index contributed by atoms with van der Waals surface area (Å²) in [6.07, 6.45) is 0.448. The van der Waals surface area contributed by atoms with Crippen LogP contribution in [-0.2, 0) is 72.0 Å². The maximum Gasteiger partial charge on any atom is 0.326 e. The summed E-state index contributed by atoms with van der Waals surface area (Å²) in [5.41, 5.74) is 23.1. The van der Waals surface area contributed by atoms with Crippen molar-refractivity contribution in [1.29, 1.82) is 0 Å². The molecule has 394 valence electrons. The molecular formula is C46H61N13O14. The minimum atomic E-state index is -1.87. The van der Waals surface area contributed by atoms with E-state index in [1.165, 1.54) is 41.7 Å². The van der Waals surface area contributed by atoms with Gasteiger partial charge in [0.1, 0.15) is 48.0 Å². The van der Waals surface area contributed by atoms with Gasteiger partial charge in [-0.05, 0) is 48.9 Å². The molecule has 1 saturated heterocycles. The lowest BCUT2D eigenvalue weighted by Gasteiger charge is -2.30. The molecule has 2 aromatic carbocycles. The number of aromatic amines is 1. The smallest absolute Gasteiger partial charge is 0.326 e. The monoisotopic (exact) mass is 1020 g/mol. The number of imidazole rings is 1. The molecule has 1 aliphatic heterocycles. The number of hydrogen-bond donors (Lipinski definition) is 14. The van der Waals surface area contributed by atoms with E-state index in [2.05, 4.69) is 41.9 Å². The first kappa shape index (κ1) is 57.1. The molecule has 4 rings (SSSR count). The van der Waals surface area contributed by atoms with Crippen molar-refractivity contribution in [3.63, 3.8) is 0 Å². The van der Waals surface area contributed by atoms with Crippen LogP contribution >= 0.6 is 0 Å². The molecular weight excluding hydrogens is 959 g/mol. The zero-order valence-electron chi connectivity index (χ0n) is 39.5. The molecule has 1 fully saturated rings. The number of aromatic nitrogens is 2. The number of nitrogens with two attached hydrogens (primary N) is 4. The summed E-state index contributed by atoms with van der Waals surface area (Å²) < 4.78 is 0. The molecule has 1 aromatic heterocycles. The number of amides is 10. The number of carboxylic acids is 1. The number of nitrogens with zero attached hydrogens (tertiary/aromatic N) is 2. The zero-order chi connectivity index (χ0) is 53.8. The molecule has 0 unspecified atom stereocenters. The normalized spacial score (nSPS) is 15.9. The van der Waals surface area contributed by atoms with Crippen LogP contribution in [0.3, 0.4) is 0 Å². The van der Waals surface area contributed by atoms with E-state index in [4.69, 9.17) is 22.9 Å². The number of aliphatic carboxylic acids is 1. The van der Waals surface area contributed by atoms with E-state index in [1.807, 2.05) is 0 Å². The molecule has 0 radical (unpaired) electrons. The second-order valence-electron chi connectivity index (χ2n) is 17.2. The van der Waals surface area contributed by atoms with Gasteiger partial charge < -0.3 is 80.0 Å². The van der Waals surface area contributed by atoms with E-state index in [0.29, 0.717) is 23.2 Å². The molecule has 0 bridgehead atoms. The Hall–Kier alpha value is -8.46. The highest BCUT2D eigenvalue weighted by Crippen LogP contribution is 2.21. The van der Waals surface area contributed by atoms with Crippen molar-refractivity contribution in [3.05, 3.63) is 83.9 Å². The highest BCUT2D eigenvalue weighted by molar-refractivity contribution is 5.99. The van der Waals surface area contributed by atoms with Crippen molar-refractivity contribution in [1.82, 2.24) is 46.8 Å². The summed E-state index contributed by atoms with van der Waals surface area (Å²) in [4.78, 5) is 152. The number of carbonyl (C=O) groups excluding carboxylic acids is 10. The van der Waals surface area contributed by atoms with Gasteiger partial charge in [-0.2, -0.15) is 0 Å². The maximum absolute atomic E-state index is 14.3. The SMILES string of the molecule is NC(=O)CC[C@H](NC(=O)[C@@H](N)CCC(N)=O)C(=O)N[C@@H](Cc1ccccc1)C(=O)N[C@@H](CC(N)=O)C(=O)N[C@@H](CO)C(=O)N[C@@H](Cc1ccc(O)cc1)C(=O)N1CCC[C@H]1C(=O)N[C@@H](Cc1cnc[nH]1)C(=O)O. The Morgan fingerprint density at radius 1 is 0.644 bits per heavy atom. The fourth-order valence-electron chi connectivity index (χ4n) is 7.67. The number of benzene rings is 2. The van der Waals surface area contributed by atoms with Crippen molar-refractivity contribution in [2.24, 2.45) is 22.9 Å². The van der Waals surface area contributed by atoms with Crippen molar-refractivity contribution in [2.45, 2.75) is 113 Å². The second kappa shape index (κ2) is 27.8. The number of aromatic hydroxyl groups is 1. The van der Waals surface area contributed by atoms with Crippen LogP contribution in [0.2, 0.25) is 0 Å². The highest BCUT2D eigenvalue weighted by atomic mass is 16.4. The number of carboxylic acid groups (broad SMARTS) is 1. The van der Waals surface area contributed by atoms with Crippen molar-refractivity contribution >= 4 is 65.0 Å². The van der Waals surface area contributed by atoms with Crippen LogP contribution in [0.5, 0.6) is 5.75 Å². The number of primary amides is 3. The molecule has 8 atom stereocenters. The predicted molar refractivity (Wildman–Crippen MR) is 254 cm³/mol. The summed E-state index contributed by atoms with van der Waals surface area (Å²) in [5, 5.41) is 44.5. The van der Waals surface area contributed by atoms with Crippen LogP contribution in [0.1, 0.15) is 61.8 Å². The summed E-state index contributed by atoms with van der Waals surface area (Å²) in [6, 6.07) is 1.51. The molecule has 18 N–H and O–H groups in total. The number of aliphatic hydroxyl groups excluding tert-OH is 1. The van der Waals surface area contributed by atoms with Gasteiger partial charge in [0.05, 0.1) is 25.4 Å². The van der Waals surface area contributed by atoms with Crippen LogP contribution < -0.4 is 54.8 Å². The number of rotatable bonds is 29. The Labute approximate surface area is 417 Å². The van der Waals surface area contributed by atoms with Gasteiger partial charge in [0.25, 0.3) is 0 Å². The average Bonchev–Trinajstić information content (AvgIpc) is 4.06. The topological polar surface area (TPSA) is 457 Å². The molecule has 1 aliphatic rings. The summed E-state index contributed by atoms with van der Waals surface area (Å²) in [6.45, 7) is -1.08. The molecule has 3 aromatic rings. The van der Waals surface area contributed by atoms with Gasteiger partial charge in [-0.15, -0.1) is 0 Å². The van der Waals surface area contributed by atoms with Crippen LogP contribution in [0.15, 0.2) is 67.1 Å². The van der Waals surface area contributed by atoms with Crippen molar-refractivity contribution in [3.8, 4) is 5.75 Å². The number of nitrogens with one attached hydrogen (secondary N) is 7. The Morgan fingerprint density at radius 2 is 1.19 bits per heavy atom. The van der Waals surface area contributed by atoms with Gasteiger partial charge >= 0.3 is 5.97 Å². The van der Waals surface area contributed by atoms with Gasteiger partial charge in [0.15, 0.2) is 0 Å². The number of likely N-dealkylation sites (tertiary alicyclic amines) is 1. The lowest BCUT2D eigenvalue weighted by Crippen LogP contribution is -2.61. The van der Waals surface area contributed by atoms with Gasteiger partial charge in [-0.3, -0.25) is 47.9 Å². The number of hydrogen-bond acceptors (Lipinski definition) is 15.